The number of nitrogens with two attached hydrogens (primary N) is 1. The van der Waals surface area contributed by atoms with Crippen LogP contribution in [0.1, 0.15) is 0 Å². The molecule has 0 amide bonds. The molecule has 0 saturated carbocycles. The fraction of sp³-hybridized carbons (Fsp3) is 0. The fourth-order valence-corrected chi connectivity index (χ4v) is 0.358. The highest BCUT2D eigenvalue weighted by atomic mass is 19.1. The molecule has 5 heteroatoms. The summed E-state index contributed by atoms with van der Waals surface area (Å²) in [6.07, 6.45) is -0.341. The van der Waals surface area contributed by atoms with E-state index in [1.165, 1.54) is 0 Å². The van der Waals surface area contributed by atoms with Gasteiger partial charge in [0.2, 0.25) is 0 Å². The van der Waals surface area contributed by atoms with Crippen molar-refractivity contribution >= 4 is 5.82 Å². The lowest BCUT2D eigenvalue weighted by molar-refractivity contribution is 0.520. The van der Waals surface area contributed by atoms with Crippen LogP contribution in [0.2, 0.25) is 0 Å². The molecule has 0 unspecified atom stereocenters. The van der Waals surface area contributed by atoms with Gasteiger partial charge in [-0.05, 0) is 0 Å². The van der Waals surface area contributed by atoms with Crippen molar-refractivity contribution in [3.63, 3.8) is 0 Å². The molecule has 9 heavy (non-hydrogen) atoms. The molecule has 1 aromatic rings. The third kappa shape index (κ3) is 1.10. The predicted octanol–water partition coefficient (Wildman–Crippen LogP) is 0.337. The van der Waals surface area contributed by atoms with Gasteiger partial charge in [-0.1, -0.05) is 0 Å². The summed E-state index contributed by atoms with van der Waals surface area (Å²) in [4.78, 5) is 5.80. The number of aromatic nitrogens is 2. The summed E-state index contributed by atoms with van der Waals surface area (Å²) in [5, 5.41) is 0. The van der Waals surface area contributed by atoms with Crippen LogP contribution in [-0.2, 0) is 0 Å². The molecule has 2 N–H and O–H groups in total. The number of rotatable bonds is 0. The van der Waals surface area contributed by atoms with Gasteiger partial charge in [0.25, 0.3) is 0 Å². The fourth-order valence-electron chi connectivity index (χ4n) is 0.358. The number of nitrogens with zero attached hydrogens (tertiary/aromatic N) is 2. The van der Waals surface area contributed by atoms with Gasteiger partial charge >= 0.3 is 6.08 Å². The maximum absolute atomic E-state index is 12.1. The van der Waals surface area contributed by atoms with E-state index in [9.17, 15) is 8.78 Å². The van der Waals surface area contributed by atoms with Crippen LogP contribution >= 0.6 is 0 Å². The van der Waals surface area contributed by atoms with Crippen LogP contribution in [0.5, 0.6) is 0 Å². The van der Waals surface area contributed by atoms with E-state index in [0.29, 0.717) is 6.20 Å². The number of hydrogen-bond acceptors (Lipinski definition) is 3. The highest BCUT2D eigenvalue weighted by Crippen LogP contribution is 2.01. The first kappa shape index (κ1) is 5.87. The van der Waals surface area contributed by atoms with Crippen LogP contribution in [0.15, 0.2) is 6.20 Å². The normalized spacial score (nSPS) is 9.56. The van der Waals surface area contributed by atoms with Gasteiger partial charge in [-0.2, -0.15) is 9.37 Å². The average molecular weight is 131 g/mol. The van der Waals surface area contributed by atoms with Gasteiger partial charge in [-0.3, -0.25) is 0 Å². The second-order valence-corrected chi connectivity index (χ2v) is 1.37. The first-order valence-corrected chi connectivity index (χ1v) is 2.13. The first-order valence-electron chi connectivity index (χ1n) is 2.13. The molecule has 1 rings (SSSR count). The Hall–Kier alpha value is -1.26. The van der Waals surface area contributed by atoms with E-state index in [1.54, 1.807) is 0 Å². The van der Waals surface area contributed by atoms with Crippen molar-refractivity contribution in [3.8, 4) is 0 Å². The minimum Gasteiger partial charge on any atom is -0.381 e. The third-order valence-corrected chi connectivity index (χ3v) is 0.742. The van der Waals surface area contributed by atoms with Crippen molar-refractivity contribution in [2.75, 3.05) is 5.73 Å². The first-order chi connectivity index (χ1) is 4.20. The summed E-state index contributed by atoms with van der Waals surface area (Å²) in [7, 11) is 0. The molecule has 0 spiro atoms. The Morgan fingerprint density at radius 1 is 1.44 bits per heavy atom. The maximum Gasteiger partial charge on any atom is 0.310 e. The Morgan fingerprint density at radius 3 is 2.56 bits per heavy atom. The van der Waals surface area contributed by atoms with Crippen molar-refractivity contribution in [2.45, 2.75) is 0 Å². The van der Waals surface area contributed by atoms with E-state index >= 15 is 0 Å². The minimum absolute atomic E-state index is 0.470. The summed E-state index contributed by atoms with van der Waals surface area (Å²) in [6.45, 7) is 0. The molecule has 0 atom stereocenters. The highest BCUT2D eigenvalue weighted by Gasteiger charge is 1.99. The molecular weight excluding hydrogens is 128 g/mol. The predicted molar refractivity (Wildman–Crippen MR) is 26.4 cm³/mol. The number of hydrogen-bond donors (Lipinski definition) is 1. The second-order valence-electron chi connectivity index (χ2n) is 1.37. The van der Waals surface area contributed by atoms with E-state index in [-0.39, 0.29) is 0 Å². The summed E-state index contributed by atoms with van der Waals surface area (Å²) in [6, 6.07) is 0. The van der Waals surface area contributed by atoms with E-state index in [2.05, 4.69) is 9.97 Å². The van der Waals surface area contributed by atoms with Gasteiger partial charge in [0.1, 0.15) is 0 Å². The number of anilines is 1. The van der Waals surface area contributed by atoms with Gasteiger partial charge < -0.3 is 5.73 Å². The van der Waals surface area contributed by atoms with Crippen LogP contribution in [-0.4, -0.2) is 9.97 Å². The van der Waals surface area contributed by atoms with E-state index < -0.39 is 17.7 Å². The Morgan fingerprint density at radius 2 is 2.11 bits per heavy atom. The van der Waals surface area contributed by atoms with Crippen molar-refractivity contribution in [3.05, 3.63) is 18.1 Å². The molecular formula is C4H3F2N3. The third-order valence-electron chi connectivity index (χ3n) is 0.742. The monoisotopic (exact) mass is 131 g/mol. The molecule has 3 nitrogen and oxygen atoms in total. The van der Waals surface area contributed by atoms with Gasteiger partial charge in [0.05, 0.1) is 6.20 Å². The van der Waals surface area contributed by atoms with Gasteiger partial charge in [0, 0.05) is 0 Å². The number of nitrogen functional groups attached to an aromatic ring is 1. The Balaban J connectivity index is 3.17. The van der Waals surface area contributed by atoms with Crippen LogP contribution in [0.3, 0.4) is 0 Å². The lowest BCUT2D eigenvalue weighted by Gasteiger charge is -1.90. The van der Waals surface area contributed by atoms with Crippen LogP contribution in [0.4, 0.5) is 14.6 Å². The van der Waals surface area contributed by atoms with E-state index in [1.807, 2.05) is 0 Å². The summed E-state index contributed by atoms with van der Waals surface area (Å²) < 4.78 is 24.0. The lowest BCUT2D eigenvalue weighted by atomic mass is 10.6. The molecule has 0 fully saturated rings. The van der Waals surface area contributed by atoms with Gasteiger partial charge in [-0.25, -0.2) is 9.37 Å². The molecule has 0 radical (unpaired) electrons. The molecule has 48 valence electrons. The van der Waals surface area contributed by atoms with Crippen molar-refractivity contribution in [1.29, 1.82) is 0 Å². The molecule has 0 aliphatic rings. The summed E-state index contributed by atoms with van der Waals surface area (Å²) in [5.41, 5.74) is 4.85. The lowest BCUT2D eigenvalue weighted by Crippen LogP contribution is -1.98. The molecule has 0 aliphatic carbocycles. The largest absolute Gasteiger partial charge is 0.381 e. The molecule has 0 aliphatic heterocycles. The number of halogens is 2. The second kappa shape index (κ2) is 1.93. The molecule has 0 aromatic carbocycles. The van der Waals surface area contributed by atoms with Gasteiger partial charge in [0.15, 0.2) is 11.6 Å². The van der Waals surface area contributed by atoms with Crippen LogP contribution in [0.25, 0.3) is 0 Å². The van der Waals surface area contributed by atoms with Crippen LogP contribution < -0.4 is 5.73 Å². The quantitative estimate of drug-likeness (QED) is 0.516. The zero-order valence-electron chi connectivity index (χ0n) is 4.31. The van der Waals surface area contributed by atoms with E-state index in [0.717, 1.165) is 0 Å². The maximum atomic E-state index is 12.1. The van der Waals surface area contributed by atoms with Gasteiger partial charge in [-0.15, -0.1) is 0 Å². The zero-order valence-corrected chi connectivity index (χ0v) is 4.31. The minimum atomic E-state index is -1.02. The summed E-state index contributed by atoms with van der Waals surface area (Å²) >= 11 is 0. The average Bonchev–Trinajstić information content (AvgIpc) is 1.80. The molecule has 0 saturated heterocycles. The van der Waals surface area contributed by atoms with Crippen molar-refractivity contribution < 1.29 is 8.78 Å². The smallest absolute Gasteiger partial charge is 0.310 e. The molecule has 0 bridgehead atoms. The Bertz CT molecular complexity index is 225. The summed E-state index contributed by atoms with van der Waals surface area (Å²) in [5.74, 6) is -1.28. The SMILES string of the molecule is Nc1nc(F)ncc1F. The van der Waals surface area contributed by atoms with Crippen molar-refractivity contribution in [2.24, 2.45) is 0 Å². The standard InChI is InChI=1S/C4H3F2N3/c5-2-1-8-4(6)9-3(2)7/h1H,(H2,7,8,9). The van der Waals surface area contributed by atoms with Crippen LogP contribution in [0, 0.1) is 11.9 Å². The molecule has 1 heterocycles. The zero-order chi connectivity index (χ0) is 6.85. The Labute approximate surface area is 49.5 Å². The molecule has 1 aromatic heterocycles. The van der Waals surface area contributed by atoms with E-state index in [4.69, 9.17) is 5.73 Å². The Kier molecular flexibility index (Phi) is 1.26. The topological polar surface area (TPSA) is 51.8 Å². The van der Waals surface area contributed by atoms with Crippen molar-refractivity contribution in [1.82, 2.24) is 9.97 Å². The highest BCUT2D eigenvalue weighted by molar-refractivity contribution is 5.25.